The van der Waals surface area contributed by atoms with Crippen molar-refractivity contribution in [2.75, 3.05) is 0 Å². The Morgan fingerprint density at radius 1 is 1.12 bits per heavy atom. The lowest BCUT2D eigenvalue weighted by Crippen LogP contribution is -2.32. The predicted molar refractivity (Wildman–Crippen MR) is 73.0 cm³/mol. The van der Waals surface area contributed by atoms with Crippen molar-refractivity contribution in [3.05, 3.63) is 0 Å². The van der Waals surface area contributed by atoms with Gasteiger partial charge in [-0.15, -0.1) is 0 Å². The van der Waals surface area contributed by atoms with E-state index in [1.807, 2.05) is 34.6 Å². The average Bonchev–Trinajstić information content (AvgIpc) is 2.30. The Bertz CT molecular complexity index is 207. The van der Waals surface area contributed by atoms with Crippen LogP contribution in [-0.2, 0) is 4.79 Å². The van der Waals surface area contributed by atoms with Crippen LogP contribution in [0, 0.1) is 11.3 Å². The van der Waals surface area contributed by atoms with E-state index in [9.17, 15) is 9.90 Å². The summed E-state index contributed by atoms with van der Waals surface area (Å²) >= 11 is 0. The summed E-state index contributed by atoms with van der Waals surface area (Å²) < 4.78 is 0. The zero-order chi connectivity index (χ0) is 13.5. The quantitative estimate of drug-likeness (QED) is 0.761. The molecule has 0 radical (unpaired) electrons. The highest BCUT2D eigenvalue weighted by molar-refractivity contribution is 5.57. The standard InChI is InChI=1S/C9H18O.C6H12O/c1-9(2,10)8-6-4-3-5-7-8;1-4-6(2,3)5-7/h8,10H,3-7H2,1-2H3;5H,4H2,1-3H3. The number of aldehydes is 1. The largest absolute Gasteiger partial charge is 0.390 e. The van der Waals surface area contributed by atoms with Gasteiger partial charge in [0.25, 0.3) is 0 Å². The molecule has 0 unspecified atom stereocenters. The highest BCUT2D eigenvalue weighted by Crippen LogP contribution is 2.31. The van der Waals surface area contributed by atoms with Crippen molar-refractivity contribution < 1.29 is 9.90 Å². The van der Waals surface area contributed by atoms with E-state index in [2.05, 4.69) is 0 Å². The number of carbonyl (C=O) groups excluding carboxylic acids is 1. The third kappa shape index (κ3) is 7.54. The van der Waals surface area contributed by atoms with Crippen LogP contribution >= 0.6 is 0 Å². The molecule has 0 aromatic heterocycles. The molecule has 0 spiro atoms. The van der Waals surface area contributed by atoms with E-state index in [1.165, 1.54) is 32.1 Å². The fourth-order valence-corrected chi connectivity index (χ4v) is 1.89. The fraction of sp³-hybridized carbons (Fsp3) is 0.933. The van der Waals surface area contributed by atoms with Crippen LogP contribution in [0.5, 0.6) is 0 Å². The van der Waals surface area contributed by atoms with E-state index in [0.717, 1.165) is 12.7 Å². The van der Waals surface area contributed by atoms with Crippen LogP contribution in [0.15, 0.2) is 0 Å². The molecule has 0 aliphatic heterocycles. The molecule has 102 valence electrons. The normalized spacial score (nSPS) is 18.2. The maximum atomic E-state index is 10.1. The number of aliphatic hydroxyl groups is 1. The van der Waals surface area contributed by atoms with Gasteiger partial charge in [0.15, 0.2) is 0 Å². The van der Waals surface area contributed by atoms with Crippen molar-refractivity contribution in [3.63, 3.8) is 0 Å². The first-order valence-electron chi connectivity index (χ1n) is 6.91. The van der Waals surface area contributed by atoms with Crippen molar-refractivity contribution in [3.8, 4) is 0 Å². The van der Waals surface area contributed by atoms with Crippen molar-refractivity contribution in [2.45, 2.75) is 78.7 Å². The van der Waals surface area contributed by atoms with Crippen LogP contribution in [0.1, 0.15) is 73.1 Å². The van der Waals surface area contributed by atoms with Crippen molar-refractivity contribution in [2.24, 2.45) is 11.3 Å². The van der Waals surface area contributed by atoms with E-state index < -0.39 is 5.60 Å². The van der Waals surface area contributed by atoms with Crippen LogP contribution in [0.3, 0.4) is 0 Å². The van der Waals surface area contributed by atoms with E-state index >= 15 is 0 Å². The fourth-order valence-electron chi connectivity index (χ4n) is 1.89. The zero-order valence-electron chi connectivity index (χ0n) is 12.3. The lowest BCUT2D eigenvalue weighted by molar-refractivity contribution is -0.114. The minimum Gasteiger partial charge on any atom is -0.390 e. The monoisotopic (exact) mass is 242 g/mol. The second kappa shape index (κ2) is 7.15. The van der Waals surface area contributed by atoms with Gasteiger partial charge < -0.3 is 9.90 Å². The van der Waals surface area contributed by atoms with Gasteiger partial charge in [-0.2, -0.15) is 0 Å². The summed E-state index contributed by atoms with van der Waals surface area (Å²) in [4.78, 5) is 10.1. The lowest BCUT2D eigenvalue weighted by atomic mass is 9.79. The molecular weight excluding hydrogens is 212 g/mol. The lowest BCUT2D eigenvalue weighted by Gasteiger charge is -2.32. The number of carbonyl (C=O) groups is 1. The molecule has 1 fully saturated rings. The van der Waals surface area contributed by atoms with Gasteiger partial charge in [0.1, 0.15) is 6.29 Å². The zero-order valence-corrected chi connectivity index (χ0v) is 12.3. The molecule has 1 rings (SSSR count). The molecule has 1 saturated carbocycles. The molecule has 1 N–H and O–H groups in total. The molecule has 1 aliphatic carbocycles. The summed E-state index contributed by atoms with van der Waals surface area (Å²) in [6, 6.07) is 0. The Morgan fingerprint density at radius 2 is 1.59 bits per heavy atom. The first kappa shape index (κ1) is 16.6. The summed E-state index contributed by atoms with van der Waals surface area (Å²) in [7, 11) is 0. The molecule has 0 heterocycles. The van der Waals surface area contributed by atoms with Crippen LogP contribution in [0.2, 0.25) is 0 Å². The third-order valence-electron chi connectivity index (χ3n) is 3.83. The summed E-state index contributed by atoms with van der Waals surface area (Å²) in [5, 5.41) is 9.64. The molecule has 0 amide bonds. The summed E-state index contributed by atoms with van der Waals surface area (Å²) in [5.74, 6) is 0.557. The molecule has 0 aromatic rings. The Morgan fingerprint density at radius 3 is 1.76 bits per heavy atom. The molecule has 2 nitrogen and oxygen atoms in total. The highest BCUT2D eigenvalue weighted by atomic mass is 16.3. The molecule has 1 aliphatic rings. The van der Waals surface area contributed by atoms with E-state index in [1.54, 1.807) is 0 Å². The first-order chi connectivity index (χ1) is 7.73. The van der Waals surface area contributed by atoms with Crippen LogP contribution in [-0.4, -0.2) is 17.0 Å². The van der Waals surface area contributed by atoms with E-state index in [4.69, 9.17) is 0 Å². The van der Waals surface area contributed by atoms with Crippen LogP contribution in [0.4, 0.5) is 0 Å². The van der Waals surface area contributed by atoms with Gasteiger partial charge >= 0.3 is 0 Å². The van der Waals surface area contributed by atoms with Gasteiger partial charge in [0, 0.05) is 5.41 Å². The molecular formula is C15H30O2. The summed E-state index contributed by atoms with van der Waals surface area (Å²) in [6.45, 7) is 9.74. The minimum atomic E-state index is -0.430. The Labute approximate surface area is 107 Å². The molecule has 0 bridgehead atoms. The maximum absolute atomic E-state index is 10.1. The van der Waals surface area contributed by atoms with E-state index in [-0.39, 0.29) is 5.41 Å². The smallest absolute Gasteiger partial charge is 0.125 e. The van der Waals surface area contributed by atoms with Gasteiger partial charge in [-0.25, -0.2) is 0 Å². The SMILES string of the molecule is CC(C)(O)C1CCCCC1.CCC(C)(C)C=O. The summed E-state index contributed by atoms with van der Waals surface area (Å²) in [6.07, 6.45) is 8.37. The van der Waals surface area contributed by atoms with Gasteiger partial charge in [-0.3, -0.25) is 0 Å². The Kier molecular flexibility index (Phi) is 6.99. The summed E-state index contributed by atoms with van der Waals surface area (Å²) in [5.41, 5.74) is -0.527. The number of hydrogen-bond donors (Lipinski definition) is 1. The van der Waals surface area contributed by atoms with Gasteiger partial charge in [0.2, 0.25) is 0 Å². The third-order valence-corrected chi connectivity index (χ3v) is 3.83. The first-order valence-corrected chi connectivity index (χ1v) is 6.91. The van der Waals surface area contributed by atoms with Crippen molar-refractivity contribution in [1.29, 1.82) is 0 Å². The van der Waals surface area contributed by atoms with E-state index in [0.29, 0.717) is 5.92 Å². The van der Waals surface area contributed by atoms with Crippen molar-refractivity contribution >= 4 is 6.29 Å². The van der Waals surface area contributed by atoms with Crippen molar-refractivity contribution in [1.82, 2.24) is 0 Å². The number of rotatable bonds is 3. The van der Waals surface area contributed by atoms with Crippen LogP contribution in [0.25, 0.3) is 0 Å². The second-order valence-electron chi connectivity index (χ2n) is 6.45. The van der Waals surface area contributed by atoms with Gasteiger partial charge in [0.05, 0.1) is 5.60 Å². The predicted octanol–water partition coefficient (Wildman–Crippen LogP) is 3.96. The number of hydrogen-bond acceptors (Lipinski definition) is 2. The Hall–Kier alpha value is -0.370. The maximum Gasteiger partial charge on any atom is 0.125 e. The molecule has 0 atom stereocenters. The topological polar surface area (TPSA) is 37.3 Å². The highest BCUT2D eigenvalue weighted by Gasteiger charge is 2.27. The molecule has 0 saturated heterocycles. The minimum absolute atomic E-state index is 0.0972. The average molecular weight is 242 g/mol. The molecule has 2 heteroatoms. The second-order valence-corrected chi connectivity index (χ2v) is 6.45. The molecule has 17 heavy (non-hydrogen) atoms. The Balaban J connectivity index is 0.000000325. The van der Waals surface area contributed by atoms with Crippen LogP contribution < -0.4 is 0 Å². The van der Waals surface area contributed by atoms with Gasteiger partial charge in [-0.05, 0) is 39.0 Å². The van der Waals surface area contributed by atoms with Gasteiger partial charge in [-0.1, -0.05) is 40.0 Å². The molecule has 0 aromatic carbocycles.